The van der Waals surface area contributed by atoms with Gasteiger partial charge in [-0.25, -0.2) is 9.10 Å². The quantitative estimate of drug-likeness (QED) is 0.265. The molecule has 4 aliphatic rings. The summed E-state index contributed by atoms with van der Waals surface area (Å²) < 4.78 is 7.81. The molecule has 0 aliphatic carbocycles. The van der Waals surface area contributed by atoms with Gasteiger partial charge in [0.2, 0.25) is 5.91 Å². The number of hydrogen-bond acceptors (Lipinski definition) is 10. The zero-order chi connectivity index (χ0) is 35.4. The van der Waals surface area contributed by atoms with Crippen LogP contribution in [-0.2, 0) is 20.9 Å². The second kappa shape index (κ2) is 15.6. The van der Waals surface area contributed by atoms with Crippen molar-refractivity contribution in [3.63, 3.8) is 0 Å². The summed E-state index contributed by atoms with van der Waals surface area (Å²) >= 11 is 1.80. The summed E-state index contributed by atoms with van der Waals surface area (Å²) in [4.78, 5) is 59.0. The van der Waals surface area contributed by atoms with Crippen LogP contribution in [0.4, 0.5) is 16.2 Å². The van der Waals surface area contributed by atoms with Crippen molar-refractivity contribution in [2.75, 3.05) is 69.2 Å². The first-order chi connectivity index (χ1) is 24.0. The van der Waals surface area contributed by atoms with E-state index in [0.717, 1.165) is 82.7 Å². The number of fused-ring (bicyclic) bond motifs is 1. The van der Waals surface area contributed by atoms with Gasteiger partial charge < -0.3 is 34.9 Å². The second-order valence-electron chi connectivity index (χ2n) is 14.7. The molecule has 0 spiro atoms. The van der Waals surface area contributed by atoms with Gasteiger partial charge in [-0.2, -0.15) is 0 Å². The highest BCUT2D eigenvalue weighted by molar-refractivity contribution is 7.97. The third-order valence-corrected chi connectivity index (χ3v) is 11.2. The van der Waals surface area contributed by atoms with Gasteiger partial charge in [0.25, 0.3) is 5.91 Å². The van der Waals surface area contributed by atoms with Crippen LogP contribution in [0.2, 0.25) is 0 Å². The molecule has 4 heterocycles. The van der Waals surface area contributed by atoms with Crippen molar-refractivity contribution < 1.29 is 23.9 Å². The van der Waals surface area contributed by atoms with Crippen LogP contribution < -0.4 is 20.4 Å². The Morgan fingerprint density at radius 2 is 1.70 bits per heavy atom. The van der Waals surface area contributed by atoms with Gasteiger partial charge in [0, 0.05) is 106 Å². The van der Waals surface area contributed by atoms with E-state index in [2.05, 4.69) is 60.0 Å². The first-order valence-corrected chi connectivity index (χ1v) is 18.6. The van der Waals surface area contributed by atoms with E-state index in [1.54, 1.807) is 23.9 Å². The summed E-state index contributed by atoms with van der Waals surface area (Å²) in [5.41, 5.74) is 3.47. The maximum absolute atomic E-state index is 13.1. The predicted octanol–water partition coefficient (Wildman–Crippen LogP) is 3.74. The van der Waals surface area contributed by atoms with Crippen molar-refractivity contribution in [1.29, 1.82) is 0 Å². The lowest BCUT2D eigenvalue weighted by Crippen LogP contribution is -2.63. The Morgan fingerprint density at radius 3 is 2.38 bits per heavy atom. The number of ether oxygens (including phenoxy) is 1. The largest absolute Gasteiger partial charge is 0.444 e. The van der Waals surface area contributed by atoms with E-state index in [9.17, 15) is 19.2 Å². The summed E-state index contributed by atoms with van der Waals surface area (Å²) in [6.07, 6.45) is 2.78. The van der Waals surface area contributed by atoms with Crippen molar-refractivity contribution in [3.05, 3.63) is 53.6 Å². The van der Waals surface area contributed by atoms with Crippen molar-refractivity contribution in [1.82, 2.24) is 24.7 Å². The van der Waals surface area contributed by atoms with Crippen LogP contribution in [0.15, 0.2) is 47.4 Å². The third kappa shape index (κ3) is 8.73. The molecule has 2 N–H and O–H groups in total. The van der Waals surface area contributed by atoms with Crippen LogP contribution in [0.5, 0.6) is 0 Å². The van der Waals surface area contributed by atoms with Gasteiger partial charge in [-0.05, 0) is 93.9 Å². The fourth-order valence-corrected chi connectivity index (χ4v) is 8.19. The zero-order valence-corrected chi connectivity index (χ0v) is 30.5. The number of alkyl carbamates (subject to hydrolysis) is 1. The normalized spacial score (nSPS) is 19.9. The van der Waals surface area contributed by atoms with Gasteiger partial charge in [-0.3, -0.25) is 14.5 Å². The highest BCUT2D eigenvalue weighted by Gasteiger charge is 2.36. The fraction of sp³-hybridized carbons (Fsp3) is 0.568. The molecule has 12 nitrogen and oxygen atoms in total. The van der Waals surface area contributed by atoms with Crippen LogP contribution in [0.25, 0.3) is 0 Å². The molecule has 3 saturated heterocycles. The van der Waals surface area contributed by atoms with Gasteiger partial charge in [0.05, 0.1) is 6.04 Å². The Morgan fingerprint density at radius 1 is 0.980 bits per heavy atom. The Labute approximate surface area is 300 Å². The minimum atomic E-state index is -0.610. The number of rotatable bonds is 11. The summed E-state index contributed by atoms with van der Waals surface area (Å²) in [6.45, 7) is 13.7. The van der Waals surface area contributed by atoms with Crippen LogP contribution in [0.3, 0.4) is 0 Å². The van der Waals surface area contributed by atoms with Crippen LogP contribution in [-0.4, -0.2) is 121 Å². The van der Waals surface area contributed by atoms with E-state index in [4.69, 9.17) is 4.74 Å². The maximum Gasteiger partial charge on any atom is 0.407 e. The van der Waals surface area contributed by atoms with E-state index in [-0.39, 0.29) is 30.4 Å². The summed E-state index contributed by atoms with van der Waals surface area (Å²) in [6, 6.07) is 14.9. The van der Waals surface area contributed by atoms with Crippen LogP contribution in [0, 0.1) is 0 Å². The molecule has 0 saturated carbocycles. The number of piperazine rings is 1. The molecule has 0 aromatic heterocycles. The Balaban J connectivity index is 0.936. The molecule has 3 amide bonds. The van der Waals surface area contributed by atoms with Gasteiger partial charge in [0.1, 0.15) is 11.9 Å². The number of carbonyl (C=O) groups is 4. The monoisotopic (exact) mass is 705 g/mol. The number of nitrogens with one attached hydrogen (secondary N) is 2. The van der Waals surface area contributed by atoms with E-state index < -0.39 is 11.6 Å². The smallest absolute Gasteiger partial charge is 0.407 e. The Hall–Kier alpha value is -3.81. The predicted molar refractivity (Wildman–Crippen MR) is 196 cm³/mol. The molecule has 13 heteroatoms. The summed E-state index contributed by atoms with van der Waals surface area (Å²) in [7, 11) is 1.57. The molecule has 50 heavy (non-hydrogen) atoms. The minimum Gasteiger partial charge on any atom is -0.444 e. The first kappa shape index (κ1) is 36.0. The number of nitrogens with zero attached hydrogens (tertiary/aromatic N) is 5. The van der Waals surface area contributed by atoms with Crippen molar-refractivity contribution in [3.8, 4) is 0 Å². The average Bonchev–Trinajstić information content (AvgIpc) is 3.40. The van der Waals surface area contributed by atoms with Crippen molar-refractivity contribution in [2.45, 2.75) is 81.6 Å². The molecule has 270 valence electrons. The molecule has 2 aromatic rings. The molecule has 1 atom stereocenters. The van der Waals surface area contributed by atoms with E-state index in [1.165, 1.54) is 10.6 Å². The van der Waals surface area contributed by atoms with E-state index in [0.29, 0.717) is 24.6 Å². The Kier molecular flexibility index (Phi) is 11.2. The molecular weight excluding hydrogens is 655 g/mol. The minimum absolute atomic E-state index is 0.138. The zero-order valence-electron chi connectivity index (χ0n) is 29.7. The topological polar surface area (TPSA) is 118 Å². The highest BCUT2D eigenvalue weighted by Crippen LogP contribution is 2.33. The first-order valence-electron chi connectivity index (χ1n) is 17.9. The fourth-order valence-electron chi connectivity index (χ4n) is 7.19. The van der Waals surface area contributed by atoms with Gasteiger partial charge in [-0.1, -0.05) is 6.07 Å². The Bertz CT molecular complexity index is 1540. The SMILES string of the molecule is CNC(=O)CCC(C=O)N1Cc2cc(N3CCN(C4CN(c5cccc(SN6CCC(NC(=O)OC(C)(C)C)CC6)c5)C4)CC3)ccc2C1=O. The maximum atomic E-state index is 13.1. The van der Waals surface area contributed by atoms with E-state index >= 15 is 0 Å². The lowest BCUT2D eigenvalue weighted by molar-refractivity contribution is -0.121. The standard InChI is InChI=1S/C37H51N7O5S/c1-37(2,3)49-36(48)39-27-12-14-43(15-13-27)50-32-7-5-6-28(21-32)42-23-31(24-42)41-18-16-40(17-19-41)29-8-10-33-26(20-29)22-44(35(33)47)30(25-45)9-11-34(46)38-4/h5-8,10,20-21,25,27,30-31H,9,11-19,22-24H2,1-4H3,(H,38,46)(H,39,48). The molecule has 0 bridgehead atoms. The highest BCUT2D eigenvalue weighted by atomic mass is 32.2. The number of aldehydes is 1. The molecule has 2 aromatic carbocycles. The second-order valence-corrected chi connectivity index (χ2v) is 15.9. The molecule has 6 rings (SSSR count). The molecule has 0 radical (unpaired) electrons. The number of piperidine rings is 1. The van der Waals surface area contributed by atoms with Gasteiger partial charge >= 0.3 is 6.09 Å². The summed E-state index contributed by atoms with van der Waals surface area (Å²) in [5, 5.41) is 5.60. The number of anilines is 2. The van der Waals surface area contributed by atoms with Crippen molar-refractivity contribution in [2.24, 2.45) is 0 Å². The van der Waals surface area contributed by atoms with E-state index in [1.807, 2.05) is 32.9 Å². The molecule has 4 aliphatic heterocycles. The summed E-state index contributed by atoms with van der Waals surface area (Å²) in [5.74, 6) is -0.278. The van der Waals surface area contributed by atoms with Crippen molar-refractivity contribution >= 4 is 47.5 Å². The number of benzene rings is 2. The number of carbonyl (C=O) groups excluding carboxylic acids is 4. The van der Waals surface area contributed by atoms with Crippen LogP contribution >= 0.6 is 11.9 Å². The molecular formula is C37H51N7O5S. The van der Waals surface area contributed by atoms with Gasteiger partial charge in [0.15, 0.2) is 0 Å². The number of amides is 3. The molecule has 3 fully saturated rings. The average molecular weight is 706 g/mol. The lowest BCUT2D eigenvalue weighted by atomic mass is 10.0. The van der Waals surface area contributed by atoms with Crippen LogP contribution in [0.1, 0.15) is 62.4 Å². The molecule has 1 unspecified atom stereocenters. The number of hydrogen-bond donors (Lipinski definition) is 2. The lowest BCUT2D eigenvalue weighted by Gasteiger charge is -2.49. The third-order valence-electron chi connectivity index (χ3n) is 10.1. The van der Waals surface area contributed by atoms with Gasteiger partial charge in [-0.15, -0.1) is 0 Å².